The van der Waals surface area contributed by atoms with E-state index in [9.17, 15) is 19.2 Å². The van der Waals surface area contributed by atoms with Crippen LogP contribution in [0.25, 0.3) is 0 Å². The zero-order valence-corrected chi connectivity index (χ0v) is 11.8. The number of aromatic nitrogens is 2. The molecule has 0 spiro atoms. The average Bonchev–Trinajstić information content (AvgIpc) is 2.55. The maximum absolute atomic E-state index is 10.4. The van der Waals surface area contributed by atoms with Gasteiger partial charge in [-0.05, 0) is 18.2 Å². The van der Waals surface area contributed by atoms with Crippen molar-refractivity contribution in [2.75, 3.05) is 0 Å². The normalized spacial score (nSPS) is 9.33. The van der Waals surface area contributed by atoms with Crippen molar-refractivity contribution < 1.29 is 39.6 Å². The van der Waals surface area contributed by atoms with Crippen molar-refractivity contribution >= 4 is 23.9 Å². The molecule has 2 rings (SSSR count). The molecule has 10 nitrogen and oxygen atoms in total. The summed E-state index contributed by atoms with van der Waals surface area (Å²) in [6.45, 7) is 0. The van der Waals surface area contributed by atoms with Gasteiger partial charge < -0.3 is 20.4 Å². The van der Waals surface area contributed by atoms with Crippen molar-refractivity contribution in [3.8, 4) is 0 Å². The fourth-order valence-electron chi connectivity index (χ4n) is 1.42. The molecule has 2 aromatic heterocycles. The number of carboxylic acid groups (broad SMARTS) is 4. The van der Waals surface area contributed by atoms with Gasteiger partial charge in [-0.3, -0.25) is 4.98 Å². The Kier molecular flexibility index (Phi) is 6.06. The summed E-state index contributed by atoms with van der Waals surface area (Å²) in [5.74, 6) is -5.04. The van der Waals surface area contributed by atoms with Crippen LogP contribution in [0.3, 0.4) is 0 Å². The molecule has 0 radical (unpaired) electrons. The quantitative estimate of drug-likeness (QED) is 0.629. The lowest BCUT2D eigenvalue weighted by molar-refractivity contribution is 0.0651. The molecular formula is C14H10N2O8. The van der Waals surface area contributed by atoms with Crippen LogP contribution in [-0.4, -0.2) is 54.3 Å². The van der Waals surface area contributed by atoms with Gasteiger partial charge in [0.15, 0.2) is 0 Å². The Morgan fingerprint density at radius 1 is 0.708 bits per heavy atom. The minimum atomic E-state index is -1.29. The summed E-state index contributed by atoms with van der Waals surface area (Å²) < 4.78 is 0. The number of pyridine rings is 2. The molecule has 2 heterocycles. The zero-order valence-electron chi connectivity index (χ0n) is 11.8. The molecule has 2 aromatic rings. The molecule has 4 N–H and O–H groups in total. The predicted molar refractivity (Wildman–Crippen MR) is 76.3 cm³/mol. The maximum Gasteiger partial charge on any atom is 0.354 e. The van der Waals surface area contributed by atoms with E-state index < -0.39 is 23.9 Å². The molecule has 0 atom stereocenters. The van der Waals surface area contributed by atoms with E-state index in [1.807, 2.05) is 0 Å². The third-order valence-corrected chi connectivity index (χ3v) is 2.47. The lowest BCUT2D eigenvalue weighted by Gasteiger charge is -1.97. The van der Waals surface area contributed by atoms with Crippen LogP contribution in [0.15, 0.2) is 36.7 Å². The highest BCUT2D eigenvalue weighted by Gasteiger charge is 2.14. The van der Waals surface area contributed by atoms with E-state index in [2.05, 4.69) is 9.97 Å². The fourth-order valence-corrected chi connectivity index (χ4v) is 1.42. The van der Waals surface area contributed by atoms with Crippen LogP contribution >= 0.6 is 0 Å². The number of carbonyl (C=O) groups is 4. The molecule has 0 aromatic carbocycles. The van der Waals surface area contributed by atoms with Crippen LogP contribution in [0.4, 0.5) is 0 Å². The molecule has 0 aliphatic heterocycles. The van der Waals surface area contributed by atoms with Crippen LogP contribution in [0.2, 0.25) is 0 Å². The van der Waals surface area contributed by atoms with Gasteiger partial charge in [-0.15, -0.1) is 0 Å². The van der Waals surface area contributed by atoms with E-state index in [0.29, 0.717) is 0 Å². The first kappa shape index (κ1) is 18.2. The van der Waals surface area contributed by atoms with Crippen molar-refractivity contribution in [3.05, 3.63) is 59.2 Å². The first-order chi connectivity index (χ1) is 11.2. The number of carboxylic acids is 4. The Morgan fingerprint density at radius 3 is 1.58 bits per heavy atom. The molecule has 10 heteroatoms. The molecule has 0 fully saturated rings. The monoisotopic (exact) mass is 334 g/mol. The van der Waals surface area contributed by atoms with Gasteiger partial charge in [-0.25, -0.2) is 24.2 Å². The molecule has 0 saturated heterocycles. The van der Waals surface area contributed by atoms with Crippen molar-refractivity contribution in [2.24, 2.45) is 0 Å². The standard InChI is InChI=1S/2C7H5NO4/c9-6(10)4-1-2-8-3-5(4)7(11)12;9-6(10)4-2-1-3-5(8-4)7(11)12/h2*1-3H,(H,9,10)(H,11,12). The summed E-state index contributed by atoms with van der Waals surface area (Å²) in [7, 11) is 0. The number of hydrogen-bond donors (Lipinski definition) is 4. The van der Waals surface area contributed by atoms with Crippen LogP contribution in [0.5, 0.6) is 0 Å². The van der Waals surface area contributed by atoms with Crippen LogP contribution in [-0.2, 0) is 0 Å². The molecule has 0 bridgehead atoms. The van der Waals surface area contributed by atoms with Gasteiger partial charge in [0, 0.05) is 12.4 Å². The van der Waals surface area contributed by atoms with E-state index in [-0.39, 0.29) is 22.5 Å². The summed E-state index contributed by atoms with van der Waals surface area (Å²) in [5, 5.41) is 33.9. The zero-order chi connectivity index (χ0) is 18.3. The minimum absolute atomic E-state index is 0.252. The topological polar surface area (TPSA) is 175 Å². The Labute approximate surface area is 133 Å². The van der Waals surface area contributed by atoms with Crippen LogP contribution in [0.1, 0.15) is 41.7 Å². The molecule has 0 aliphatic carbocycles. The highest BCUT2D eigenvalue weighted by atomic mass is 16.4. The number of rotatable bonds is 4. The van der Waals surface area contributed by atoms with Gasteiger partial charge in [0.25, 0.3) is 0 Å². The first-order valence-corrected chi connectivity index (χ1v) is 6.08. The largest absolute Gasteiger partial charge is 0.478 e. The van der Waals surface area contributed by atoms with Gasteiger partial charge in [0.05, 0.1) is 11.1 Å². The second kappa shape index (κ2) is 7.98. The van der Waals surface area contributed by atoms with Crippen molar-refractivity contribution in [1.29, 1.82) is 0 Å². The van der Waals surface area contributed by atoms with Crippen molar-refractivity contribution in [3.63, 3.8) is 0 Å². The van der Waals surface area contributed by atoms with Crippen LogP contribution in [0, 0.1) is 0 Å². The molecule has 124 valence electrons. The Morgan fingerprint density at radius 2 is 1.21 bits per heavy atom. The lowest BCUT2D eigenvalue weighted by atomic mass is 10.1. The number of hydrogen-bond acceptors (Lipinski definition) is 6. The van der Waals surface area contributed by atoms with Gasteiger partial charge in [-0.1, -0.05) is 6.07 Å². The average molecular weight is 334 g/mol. The van der Waals surface area contributed by atoms with Gasteiger partial charge >= 0.3 is 23.9 Å². The van der Waals surface area contributed by atoms with Crippen LogP contribution < -0.4 is 0 Å². The SMILES string of the molecule is O=C(O)c1cccc(C(=O)O)n1.O=C(O)c1ccncc1C(=O)O. The summed E-state index contributed by atoms with van der Waals surface area (Å²) in [6, 6.07) is 4.94. The van der Waals surface area contributed by atoms with E-state index in [1.165, 1.54) is 24.4 Å². The third kappa shape index (κ3) is 4.87. The molecule has 0 aliphatic rings. The number of aromatic carboxylic acids is 4. The smallest absolute Gasteiger partial charge is 0.354 e. The Hall–Kier alpha value is -3.82. The van der Waals surface area contributed by atoms with E-state index in [4.69, 9.17) is 20.4 Å². The van der Waals surface area contributed by atoms with E-state index >= 15 is 0 Å². The summed E-state index contributed by atoms with van der Waals surface area (Å²) in [4.78, 5) is 48.4. The molecule has 24 heavy (non-hydrogen) atoms. The number of nitrogens with zero attached hydrogens (tertiary/aromatic N) is 2. The summed E-state index contributed by atoms with van der Waals surface area (Å²) in [5.41, 5.74) is -1.09. The van der Waals surface area contributed by atoms with Gasteiger partial charge in [0.1, 0.15) is 11.4 Å². The highest BCUT2D eigenvalue weighted by Crippen LogP contribution is 2.06. The third-order valence-electron chi connectivity index (χ3n) is 2.47. The summed E-state index contributed by atoms with van der Waals surface area (Å²) in [6.07, 6.45) is 2.24. The van der Waals surface area contributed by atoms with Gasteiger partial charge in [0.2, 0.25) is 0 Å². The highest BCUT2D eigenvalue weighted by molar-refractivity contribution is 6.01. The molecule has 0 saturated carbocycles. The predicted octanol–water partition coefficient (Wildman–Crippen LogP) is 0.956. The first-order valence-electron chi connectivity index (χ1n) is 6.08. The van der Waals surface area contributed by atoms with E-state index in [0.717, 1.165) is 12.3 Å². The van der Waals surface area contributed by atoms with Crippen molar-refractivity contribution in [1.82, 2.24) is 9.97 Å². The Balaban J connectivity index is 0.000000240. The van der Waals surface area contributed by atoms with E-state index in [1.54, 1.807) is 0 Å². The fraction of sp³-hybridized carbons (Fsp3) is 0. The lowest BCUT2D eigenvalue weighted by Crippen LogP contribution is -2.07. The second-order valence-electron chi connectivity index (χ2n) is 4.05. The van der Waals surface area contributed by atoms with Gasteiger partial charge in [-0.2, -0.15) is 0 Å². The molecule has 0 unspecified atom stereocenters. The summed E-state index contributed by atoms with van der Waals surface area (Å²) >= 11 is 0. The maximum atomic E-state index is 10.4. The van der Waals surface area contributed by atoms with Crippen molar-refractivity contribution in [2.45, 2.75) is 0 Å². The second-order valence-corrected chi connectivity index (χ2v) is 4.05. The molecular weight excluding hydrogens is 324 g/mol. The molecule has 0 amide bonds. The minimum Gasteiger partial charge on any atom is -0.478 e. The Bertz CT molecular complexity index is 741.